The van der Waals surface area contributed by atoms with Gasteiger partial charge in [-0.25, -0.2) is 9.86 Å². The van der Waals surface area contributed by atoms with Gasteiger partial charge in [-0.05, 0) is 40.0 Å². The molecule has 22 heavy (non-hydrogen) atoms. The molecule has 6 heteroatoms. The number of hydroxylamine groups is 2. The molecule has 1 saturated heterocycles. The van der Waals surface area contributed by atoms with E-state index < -0.39 is 11.7 Å². The Morgan fingerprint density at radius 3 is 2.50 bits per heavy atom. The number of rotatable bonds is 2. The van der Waals surface area contributed by atoms with Crippen LogP contribution < -0.4 is 5.32 Å². The van der Waals surface area contributed by atoms with Crippen LogP contribution >= 0.6 is 0 Å². The lowest BCUT2D eigenvalue weighted by Gasteiger charge is -2.29. The van der Waals surface area contributed by atoms with E-state index in [1.54, 1.807) is 0 Å². The number of carbonyl (C=O) groups excluding carboxylic acids is 2. The van der Waals surface area contributed by atoms with Gasteiger partial charge >= 0.3 is 6.09 Å². The van der Waals surface area contributed by atoms with Crippen LogP contribution in [-0.2, 0) is 14.4 Å². The summed E-state index contributed by atoms with van der Waals surface area (Å²) in [5.74, 6) is -0.214. The minimum atomic E-state index is -0.535. The molecule has 2 atom stereocenters. The molecule has 0 radical (unpaired) electrons. The predicted molar refractivity (Wildman–Crippen MR) is 82.0 cm³/mol. The number of hydrogen-bond donors (Lipinski definition) is 1. The van der Waals surface area contributed by atoms with E-state index in [4.69, 9.17) is 9.57 Å². The SMILES string of the molecule is CC(C)(C)OC(=O)N[C@@H]1CCCCC[C@H]1C(=O)N1CCCO1. The highest BCUT2D eigenvalue weighted by atomic mass is 16.7. The van der Waals surface area contributed by atoms with E-state index in [1.165, 1.54) is 5.06 Å². The topological polar surface area (TPSA) is 67.9 Å². The van der Waals surface area contributed by atoms with E-state index in [9.17, 15) is 9.59 Å². The van der Waals surface area contributed by atoms with E-state index >= 15 is 0 Å². The van der Waals surface area contributed by atoms with Gasteiger partial charge in [0.25, 0.3) is 5.91 Å². The van der Waals surface area contributed by atoms with Crippen LogP contribution in [0, 0.1) is 5.92 Å². The molecule has 2 aliphatic rings. The molecule has 1 N–H and O–H groups in total. The van der Waals surface area contributed by atoms with Crippen LogP contribution in [0.15, 0.2) is 0 Å². The molecule has 1 saturated carbocycles. The first kappa shape index (κ1) is 17.1. The van der Waals surface area contributed by atoms with Crippen LogP contribution in [0.5, 0.6) is 0 Å². The van der Waals surface area contributed by atoms with Crippen molar-refractivity contribution in [2.24, 2.45) is 5.92 Å². The van der Waals surface area contributed by atoms with Crippen LogP contribution in [0.1, 0.15) is 59.3 Å². The molecule has 0 aromatic rings. The standard InChI is InChI=1S/C16H28N2O4/c1-16(2,3)22-15(20)17-13-9-6-4-5-8-12(13)14(19)18-10-7-11-21-18/h12-13H,4-11H2,1-3H3,(H,17,20)/t12-,13-/m1/s1. The van der Waals surface area contributed by atoms with Gasteiger partial charge in [-0.1, -0.05) is 19.3 Å². The van der Waals surface area contributed by atoms with Crippen molar-refractivity contribution in [2.75, 3.05) is 13.2 Å². The first-order chi connectivity index (χ1) is 10.4. The van der Waals surface area contributed by atoms with Gasteiger partial charge in [0.1, 0.15) is 5.60 Å². The van der Waals surface area contributed by atoms with Gasteiger partial charge in [0, 0.05) is 6.04 Å². The van der Waals surface area contributed by atoms with Crippen LogP contribution in [-0.4, -0.2) is 41.9 Å². The summed E-state index contributed by atoms with van der Waals surface area (Å²) in [6.45, 7) is 6.75. The summed E-state index contributed by atoms with van der Waals surface area (Å²) in [6.07, 6.45) is 5.16. The van der Waals surface area contributed by atoms with Crippen molar-refractivity contribution in [1.82, 2.24) is 10.4 Å². The van der Waals surface area contributed by atoms with Crippen LogP contribution in [0.2, 0.25) is 0 Å². The largest absolute Gasteiger partial charge is 0.444 e. The fourth-order valence-electron chi connectivity index (χ4n) is 3.04. The van der Waals surface area contributed by atoms with Crippen LogP contribution in [0.4, 0.5) is 4.79 Å². The average molecular weight is 312 g/mol. The molecule has 6 nitrogen and oxygen atoms in total. The molecular weight excluding hydrogens is 284 g/mol. The van der Waals surface area contributed by atoms with Gasteiger partial charge in [0.05, 0.1) is 19.1 Å². The number of alkyl carbamates (subject to hydrolysis) is 1. The first-order valence-corrected chi connectivity index (χ1v) is 8.30. The monoisotopic (exact) mass is 312 g/mol. The third-order valence-corrected chi connectivity index (χ3v) is 4.03. The molecule has 126 valence electrons. The smallest absolute Gasteiger partial charge is 0.407 e. The summed E-state index contributed by atoms with van der Waals surface area (Å²) in [7, 11) is 0. The second kappa shape index (κ2) is 7.31. The van der Waals surface area contributed by atoms with Gasteiger partial charge < -0.3 is 10.1 Å². The number of hydrogen-bond acceptors (Lipinski definition) is 4. The van der Waals surface area contributed by atoms with Crippen molar-refractivity contribution in [2.45, 2.75) is 70.9 Å². The minimum absolute atomic E-state index is 0.000425. The predicted octanol–water partition coefficient (Wildman–Crippen LogP) is 2.62. The maximum absolute atomic E-state index is 12.6. The first-order valence-electron chi connectivity index (χ1n) is 8.30. The highest BCUT2D eigenvalue weighted by molar-refractivity contribution is 5.80. The average Bonchev–Trinajstić information content (AvgIpc) is 2.84. The van der Waals surface area contributed by atoms with Gasteiger partial charge in [-0.2, -0.15) is 0 Å². The Morgan fingerprint density at radius 1 is 1.14 bits per heavy atom. The van der Waals surface area contributed by atoms with Crippen molar-refractivity contribution < 1.29 is 19.2 Å². The van der Waals surface area contributed by atoms with Crippen molar-refractivity contribution >= 4 is 12.0 Å². The third kappa shape index (κ3) is 4.87. The Bertz CT molecular complexity index is 399. The molecule has 0 spiro atoms. The van der Waals surface area contributed by atoms with Crippen molar-refractivity contribution in [1.29, 1.82) is 0 Å². The molecule has 1 aliphatic carbocycles. The zero-order valence-corrected chi connectivity index (χ0v) is 13.9. The minimum Gasteiger partial charge on any atom is -0.444 e. The molecule has 2 amide bonds. The molecule has 0 bridgehead atoms. The Kier molecular flexibility index (Phi) is 5.67. The fraction of sp³-hybridized carbons (Fsp3) is 0.875. The van der Waals surface area contributed by atoms with Crippen molar-refractivity contribution in [3.8, 4) is 0 Å². The Hall–Kier alpha value is -1.30. The number of nitrogens with one attached hydrogen (secondary N) is 1. The van der Waals surface area contributed by atoms with E-state index in [2.05, 4.69) is 5.32 Å². The lowest BCUT2D eigenvalue weighted by molar-refractivity contribution is -0.174. The second-order valence-corrected chi connectivity index (χ2v) is 7.12. The molecule has 0 unspecified atom stereocenters. The zero-order chi connectivity index (χ0) is 16.2. The molecular formula is C16H28N2O4. The van der Waals surface area contributed by atoms with Gasteiger partial charge in [0.15, 0.2) is 0 Å². The van der Waals surface area contributed by atoms with Gasteiger partial charge in [0.2, 0.25) is 0 Å². The molecule has 0 aromatic carbocycles. The van der Waals surface area contributed by atoms with Crippen LogP contribution in [0.25, 0.3) is 0 Å². The molecule has 1 aliphatic heterocycles. The highest BCUT2D eigenvalue weighted by Crippen LogP contribution is 2.27. The molecule has 0 aromatic heterocycles. The molecule has 1 heterocycles. The van der Waals surface area contributed by atoms with Crippen molar-refractivity contribution in [3.63, 3.8) is 0 Å². The summed E-state index contributed by atoms with van der Waals surface area (Å²) in [4.78, 5) is 30.1. The number of nitrogens with zero attached hydrogens (tertiary/aromatic N) is 1. The van der Waals surface area contributed by atoms with Gasteiger partial charge in [-0.3, -0.25) is 9.63 Å². The second-order valence-electron chi connectivity index (χ2n) is 7.12. The lowest BCUT2D eigenvalue weighted by atomic mass is 9.93. The van der Waals surface area contributed by atoms with Crippen LogP contribution in [0.3, 0.4) is 0 Å². The summed E-state index contributed by atoms with van der Waals surface area (Å²) < 4.78 is 5.33. The Morgan fingerprint density at radius 2 is 1.86 bits per heavy atom. The zero-order valence-electron chi connectivity index (χ0n) is 13.9. The number of carbonyl (C=O) groups is 2. The molecule has 2 rings (SSSR count). The fourth-order valence-corrected chi connectivity index (χ4v) is 3.04. The van der Waals surface area contributed by atoms with E-state index in [-0.39, 0.29) is 17.9 Å². The van der Waals surface area contributed by atoms with E-state index in [1.807, 2.05) is 20.8 Å². The third-order valence-electron chi connectivity index (χ3n) is 4.03. The maximum atomic E-state index is 12.6. The van der Waals surface area contributed by atoms with E-state index in [0.29, 0.717) is 13.2 Å². The Balaban J connectivity index is 2.00. The van der Waals surface area contributed by atoms with Gasteiger partial charge in [-0.15, -0.1) is 0 Å². The number of ether oxygens (including phenoxy) is 1. The summed E-state index contributed by atoms with van der Waals surface area (Å²) in [6, 6.07) is -0.172. The normalized spacial score (nSPS) is 26.4. The summed E-state index contributed by atoms with van der Waals surface area (Å²) in [5, 5.41) is 4.38. The molecule has 2 fully saturated rings. The summed E-state index contributed by atoms with van der Waals surface area (Å²) in [5.41, 5.74) is -0.535. The lowest BCUT2D eigenvalue weighted by Crippen LogP contribution is -2.48. The highest BCUT2D eigenvalue weighted by Gasteiger charge is 2.36. The maximum Gasteiger partial charge on any atom is 0.407 e. The summed E-state index contributed by atoms with van der Waals surface area (Å²) >= 11 is 0. The van der Waals surface area contributed by atoms with E-state index in [0.717, 1.165) is 38.5 Å². The van der Waals surface area contributed by atoms with Crippen molar-refractivity contribution in [3.05, 3.63) is 0 Å². The number of amides is 2. The quantitative estimate of drug-likeness (QED) is 0.796. The Labute approximate surface area is 132 Å².